The van der Waals surface area contributed by atoms with Crippen LogP contribution in [0.15, 0.2) is 24.3 Å². The molecule has 0 saturated carbocycles. The molecule has 1 aromatic rings. The average Bonchev–Trinajstić information content (AvgIpc) is 2.98. The van der Waals surface area contributed by atoms with Gasteiger partial charge in [-0.2, -0.15) is 0 Å². The lowest BCUT2D eigenvalue weighted by Gasteiger charge is -2.37. The van der Waals surface area contributed by atoms with Gasteiger partial charge in [-0.05, 0) is 17.7 Å². The SMILES string of the molecule is O=C(CNCc1ccc(F)cc1)N1CCC2(CC1)OCCO2. The number of carbonyl (C=O) groups is 1. The van der Waals surface area contributed by atoms with Gasteiger partial charge in [0, 0.05) is 32.5 Å². The Balaban J connectivity index is 1.40. The first kappa shape index (κ1) is 15.4. The number of benzene rings is 1. The molecule has 0 unspecified atom stereocenters. The normalized spacial score (nSPS) is 20.5. The monoisotopic (exact) mass is 308 g/mol. The highest BCUT2D eigenvalue weighted by atomic mass is 19.1. The van der Waals surface area contributed by atoms with Crippen LogP contribution in [0.1, 0.15) is 18.4 Å². The molecule has 1 spiro atoms. The third-order valence-electron chi connectivity index (χ3n) is 4.21. The van der Waals surface area contributed by atoms with Crippen molar-refractivity contribution in [3.8, 4) is 0 Å². The van der Waals surface area contributed by atoms with E-state index in [9.17, 15) is 9.18 Å². The Hall–Kier alpha value is -1.50. The number of rotatable bonds is 4. The number of carbonyl (C=O) groups excluding carboxylic acids is 1. The molecule has 2 heterocycles. The summed E-state index contributed by atoms with van der Waals surface area (Å²) in [6.07, 6.45) is 1.47. The topological polar surface area (TPSA) is 50.8 Å². The van der Waals surface area contributed by atoms with Crippen molar-refractivity contribution in [2.75, 3.05) is 32.8 Å². The second-order valence-corrected chi connectivity index (χ2v) is 5.72. The lowest BCUT2D eigenvalue weighted by Crippen LogP contribution is -2.49. The molecule has 1 amide bonds. The number of hydrogen-bond donors (Lipinski definition) is 1. The predicted octanol–water partition coefficient (Wildman–Crippen LogP) is 1.28. The summed E-state index contributed by atoms with van der Waals surface area (Å²) in [6.45, 7) is 3.45. The summed E-state index contributed by atoms with van der Waals surface area (Å²) in [7, 11) is 0. The fourth-order valence-electron chi connectivity index (χ4n) is 2.91. The molecular weight excluding hydrogens is 287 g/mol. The van der Waals surface area contributed by atoms with Gasteiger partial charge in [0.1, 0.15) is 5.82 Å². The minimum absolute atomic E-state index is 0.0787. The summed E-state index contributed by atoms with van der Waals surface area (Å²) in [4.78, 5) is 14.0. The molecule has 0 aromatic heterocycles. The molecule has 120 valence electrons. The Morgan fingerprint density at radius 2 is 1.82 bits per heavy atom. The van der Waals surface area contributed by atoms with E-state index in [4.69, 9.17) is 9.47 Å². The van der Waals surface area contributed by atoms with Crippen molar-refractivity contribution in [1.29, 1.82) is 0 Å². The van der Waals surface area contributed by atoms with Gasteiger partial charge in [-0.3, -0.25) is 4.79 Å². The summed E-state index contributed by atoms with van der Waals surface area (Å²) in [6, 6.07) is 6.27. The molecule has 5 nitrogen and oxygen atoms in total. The fourth-order valence-corrected chi connectivity index (χ4v) is 2.91. The maximum Gasteiger partial charge on any atom is 0.236 e. The molecular formula is C16H21FN2O3. The van der Waals surface area contributed by atoms with Crippen LogP contribution in [0.5, 0.6) is 0 Å². The van der Waals surface area contributed by atoms with Crippen LogP contribution in [-0.4, -0.2) is 49.4 Å². The second-order valence-electron chi connectivity index (χ2n) is 5.72. The number of ether oxygens (including phenoxy) is 2. The minimum Gasteiger partial charge on any atom is -0.347 e. The Morgan fingerprint density at radius 1 is 1.18 bits per heavy atom. The predicted molar refractivity (Wildman–Crippen MR) is 78.6 cm³/mol. The summed E-state index contributed by atoms with van der Waals surface area (Å²) in [5, 5.41) is 3.10. The first-order valence-corrected chi connectivity index (χ1v) is 7.68. The van der Waals surface area contributed by atoms with Crippen molar-refractivity contribution in [1.82, 2.24) is 10.2 Å². The third kappa shape index (κ3) is 3.63. The number of halogens is 1. The van der Waals surface area contributed by atoms with Crippen molar-refractivity contribution < 1.29 is 18.7 Å². The van der Waals surface area contributed by atoms with E-state index in [1.165, 1.54) is 12.1 Å². The van der Waals surface area contributed by atoms with Crippen LogP contribution in [0.2, 0.25) is 0 Å². The molecule has 1 aromatic carbocycles. The molecule has 0 atom stereocenters. The lowest BCUT2D eigenvalue weighted by atomic mass is 10.0. The van der Waals surface area contributed by atoms with Gasteiger partial charge in [0.2, 0.25) is 5.91 Å². The van der Waals surface area contributed by atoms with Gasteiger partial charge >= 0.3 is 0 Å². The van der Waals surface area contributed by atoms with Gasteiger partial charge in [0.25, 0.3) is 0 Å². The van der Waals surface area contributed by atoms with Crippen molar-refractivity contribution in [2.24, 2.45) is 0 Å². The Morgan fingerprint density at radius 3 is 2.45 bits per heavy atom. The molecule has 2 aliphatic rings. The lowest BCUT2D eigenvalue weighted by molar-refractivity contribution is -0.187. The Labute approximate surface area is 129 Å². The fraction of sp³-hybridized carbons (Fsp3) is 0.562. The maximum absolute atomic E-state index is 12.8. The molecule has 0 aliphatic carbocycles. The van der Waals surface area contributed by atoms with E-state index in [0.717, 1.165) is 18.4 Å². The Kier molecular flexibility index (Phi) is 4.71. The highest BCUT2D eigenvalue weighted by molar-refractivity contribution is 5.78. The molecule has 2 aliphatic heterocycles. The quantitative estimate of drug-likeness (QED) is 0.910. The van der Waals surface area contributed by atoms with E-state index in [1.54, 1.807) is 12.1 Å². The van der Waals surface area contributed by atoms with Crippen LogP contribution in [0.25, 0.3) is 0 Å². The van der Waals surface area contributed by atoms with Crippen LogP contribution in [0.4, 0.5) is 4.39 Å². The number of hydrogen-bond acceptors (Lipinski definition) is 4. The first-order valence-electron chi connectivity index (χ1n) is 7.68. The van der Waals surface area contributed by atoms with E-state index in [0.29, 0.717) is 32.8 Å². The minimum atomic E-state index is -0.446. The van der Waals surface area contributed by atoms with E-state index >= 15 is 0 Å². The van der Waals surface area contributed by atoms with Crippen LogP contribution in [0, 0.1) is 5.82 Å². The first-order chi connectivity index (χ1) is 10.7. The molecule has 0 radical (unpaired) electrons. The van der Waals surface area contributed by atoms with E-state index < -0.39 is 5.79 Å². The maximum atomic E-state index is 12.8. The zero-order chi connectivity index (χ0) is 15.4. The standard InChI is InChI=1S/C16H21FN2O3/c17-14-3-1-13(2-4-14)11-18-12-15(20)19-7-5-16(6-8-19)21-9-10-22-16/h1-4,18H,5-12H2. The number of nitrogens with one attached hydrogen (secondary N) is 1. The van der Waals surface area contributed by atoms with Gasteiger partial charge in [-0.25, -0.2) is 4.39 Å². The van der Waals surface area contributed by atoms with Crippen molar-refractivity contribution in [3.63, 3.8) is 0 Å². The second kappa shape index (κ2) is 6.73. The molecule has 3 rings (SSSR count). The summed E-state index contributed by atoms with van der Waals surface area (Å²) in [5.74, 6) is -0.619. The number of piperidine rings is 1. The van der Waals surface area contributed by atoms with E-state index in [1.807, 2.05) is 4.90 Å². The smallest absolute Gasteiger partial charge is 0.236 e. The van der Waals surface area contributed by atoms with Crippen LogP contribution in [0.3, 0.4) is 0 Å². The van der Waals surface area contributed by atoms with Crippen LogP contribution >= 0.6 is 0 Å². The molecule has 0 bridgehead atoms. The average molecular weight is 308 g/mol. The van der Waals surface area contributed by atoms with Crippen molar-refractivity contribution in [2.45, 2.75) is 25.2 Å². The van der Waals surface area contributed by atoms with Gasteiger partial charge in [-0.1, -0.05) is 12.1 Å². The van der Waals surface area contributed by atoms with Gasteiger partial charge in [0.05, 0.1) is 19.8 Å². The van der Waals surface area contributed by atoms with Crippen LogP contribution < -0.4 is 5.32 Å². The van der Waals surface area contributed by atoms with Gasteiger partial charge < -0.3 is 19.7 Å². The summed E-state index contributed by atoms with van der Waals surface area (Å²) in [5.41, 5.74) is 0.958. The van der Waals surface area contributed by atoms with Crippen molar-refractivity contribution in [3.05, 3.63) is 35.6 Å². The third-order valence-corrected chi connectivity index (χ3v) is 4.21. The van der Waals surface area contributed by atoms with Gasteiger partial charge in [-0.15, -0.1) is 0 Å². The number of likely N-dealkylation sites (tertiary alicyclic amines) is 1. The van der Waals surface area contributed by atoms with E-state index in [2.05, 4.69) is 5.32 Å². The number of nitrogens with zero attached hydrogens (tertiary/aromatic N) is 1. The molecule has 2 saturated heterocycles. The Bertz CT molecular complexity index is 505. The molecule has 22 heavy (non-hydrogen) atoms. The van der Waals surface area contributed by atoms with Crippen molar-refractivity contribution >= 4 is 5.91 Å². The molecule has 2 fully saturated rings. The molecule has 6 heteroatoms. The zero-order valence-corrected chi connectivity index (χ0v) is 12.5. The summed E-state index contributed by atoms with van der Waals surface area (Å²) >= 11 is 0. The highest BCUT2D eigenvalue weighted by Crippen LogP contribution is 2.31. The van der Waals surface area contributed by atoms with E-state index in [-0.39, 0.29) is 18.3 Å². The van der Waals surface area contributed by atoms with Crippen LogP contribution in [-0.2, 0) is 20.8 Å². The number of amides is 1. The summed E-state index contributed by atoms with van der Waals surface area (Å²) < 4.78 is 24.1. The van der Waals surface area contributed by atoms with Gasteiger partial charge in [0.15, 0.2) is 5.79 Å². The highest BCUT2D eigenvalue weighted by Gasteiger charge is 2.40. The molecule has 1 N–H and O–H groups in total. The largest absolute Gasteiger partial charge is 0.347 e. The zero-order valence-electron chi connectivity index (χ0n) is 12.5.